The lowest BCUT2D eigenvalue weighted by molar-refractivity contribution is 0.0589. The average Bonchev–Trinajstić information content (AvgIpc) is 2.67. The van der Waals surface area contributed by atoms with Crippen molar-refractivity contribution < 1.29 is 9.59 Å². The number of carbonyl (C=O) groups excluding carboxylic acids is 2. The Bertz CT molecular complexity index is 866. The second kappa shape index (κ2) is 6.65. The molecule has 2 heterocycles. The van der Waals surface area contributed by atoms with Gasteiger partial charge >= 0.3 is 0 Å². The Labute approximate surface area is 157 Å². The summed E-state index contributed by atoms with van der Waals surface area (Å²) in [6, 6.07) is 12.3. The third-order valence-electron chi connectivity index (χ3n) is 5.15. The van der Waals surface area contributed by atoms with Crippen LogP contribution in [0.15, 0.2) is 42.5 Å². The normalized spacial score (nSPS) is 19.0. The highest BCUT2D eigenvalue weighted by molar-refractivity contribution is 6.30. The highest BCUT2D eigenvalue weighted by Crippen LogP contribution is 2.34. The topological polar surface area (TPSA) is 52.7 Å². The number of halogens is 1. The Morgan fingerprint density at radius 1 is 1.15 bits per heavy atom. The monoisotopic (exact) mass is 369 g/mol. The van der Waals surface area contributed by atoms with Gasteiger partial charge in [-0.1, -0.05) is 11.6 Å². The van der Waals surface area contributed by atoms with E-state index in [1.807, 2.05) is 18.0 Å². The van der Waals surface area contributed by atoms with Crippen molar-refractivity contribution >= 4 is 34.8 Å². The fourth-order valence-corrected chi connectivity index (χ4v) is 3.88. The molecule has 2 aliphatic heterocycles. The minimum Gasteiger partial charge on any atom is -0.354 e. The van der Waals surface area contributed by atoms with Gasteiger partial charge in [-0.2, -0.15) is 0 Å². The number of carbonyl (C=O) groups is 2. The summed E-state index contributed by atoms with van der Waals surface area (Å²) in [4.78, 5) is 29.4. The van der Waals surface area contributed by atoms with Gasteiger partial charge in [0.05, 0.1) is 11.3 Å². The van der Waals surface area contributed by atoms with Crippen molar-refractivity contribution in [3.63, 3.8) is 0 Å². The van der Waals surface area contributed by atoms with Crippen molar-refractivity contribution in [1.82, 2.24) is 4.90 Å². The van der Waals surface area contributed by atoms with E-state index in [-0.39, 0.29) is 18.0 Å². The molecule has 0 saturated carbocycles. The minimum atomic E-state index is -0.206. The van der Waals surface area contributed by atoms with Gasteiger partial charge in [-0.05, 0) is 61.7 Å². The van der Waals surface area contributed by atoms with E-state index in [0.717, 1.165) is 31.5 Å². The second-order valence-electron chi connectivity index (χ2n) is 6.78. The summed E-state index contributed by atoms with van der Waals surface area (Å²) in [5.41, 5.74) is 2.69. The lowest BCUT2D eigenvalue weighted by atomic mass is 9.97. The highest BCUT2D eigenvalue weighted by atomic mass is 35.5. The van der Waals surface area contributed by atoms with Crippen molar-refractivity contribution in [2.24, 2.45) is 0 Å². The molecule has 1 N–H and O–H groups in total. The molecule has 2 aromatic carbocycles. The van der Waals surface area contributed by atoms with Crippen molar-refractivity contribution in [1.29, 1.82) is 0 Å². The van der Waals surface area contributed by atoms with Crippen LogP contribution >= 0.6 is 11.6 Å². The van der Waals surface area contributed by atoms with Gasteiger partial charge in [0.25, 0.3) is 11.8 Å². The van der Waals surface area contributed by atoms with Crippen molar-refractivity contribution in [2.75, 3.05) is 23.8 Å². The molecule has 6 heteroatoms. The summed E-state index contributed by atoms with van der Waals surface area (Å²) in [5.74, 6) is -0.144. The number of rotatable bonds is 2. The zero-order chi connectivity index (χ0) is 18.3. The fourth-order valence-electron chi connectivity index (χ4n) is 3.75. The number of nitrogens with one attached hydrogen (secondary N) is 1. The Hall–Kier alpha value is -2.53. The van der Waals surface area contributed by atoms with E-state index >= 15 is 0 Å². The number of nitrogens with zero attached hydrogens (tertiary/aromatic N) is 2. The minimum absolute atomic E-state index is 0.0625. The largest absolute Gasteiger partial charge is 0.354 e. The van der Waals surface area contributed by atoms with Crippen molar-refractivity contribution in [2.45, 2.75) is 25.4 Å². The second-order valence-corrected chi connectivity index (χ2v) is 7.22. The van der Waals surface area contributed by atoms with Gasteiger partial charge in [-0.15, -0.1) is 0 Å². The SMILES string of the molecule is CN1c2cc(C(=O)Nc3ccc(Cl)cc3)ccc2C(=O)N2CCCC[C@@H]21. The molecule has 1 saturated heterocycles. The maximum absolute atomic E-state index is 12.8. The Balaban J connectivity index is 1.62. The number of hydrogen-bond acceptors (Lipinski definition) is 3. The molecule has 26 heavy (non-hydrogen) atoms. The van der Waals surface area contributed by atoms with Gasteiger partial charge in [-0.25, -0.2) is 0 Å². The van der Waals surface area contributed by atoms with Gasteiger partial charge in [0.2, 0.25) is 0 Å². The van der Waals surface area contributed by atoms with Crippen LogP contribution in [0.5, 0.6) is 0 Å². The molecule has 0 radical (unpaired) electrons. The third-order valence-corrected chi connectivity index (χ3v) is 5.40. The zero-order valence-corrected chi connectivity index (χ0v) is 15.3. The quantitative estimate of drug-likeness (QED) is 0.870. The summed E-state index contributed by atoms with van der Waals surface area (Å²) in [7, 11) is 2.00. The first kappa shape index (κ1) is 16.9. The number of piperidine rings is 1. The third kappa shape index (κ3) is 2.92. The summed E-state index contributed by atoms with van der Waals surface area (Å²) >= 11 is 5.88. The number of hydrogen-bond donors (Lipinski definition) is 1. The number of benzene rings is 2. The highest BCUT2D eigenvalue weighted by Gasteiger charge is 2.37. The van der Waals surface area contributed by atoms with Gasteiger partial charge in [0, 0.05) is 29.9 Å². The van der Waals surface area contributed by atoms with Gasteiger partial charge in [0.15, 0.2) is 0 Å². The molecule has 0 aliphatic carbocycles. The zero-order valence-electron chi connectivity index (χ0n) is 14.5. The van der Waals surface area contributed by atoms with Crippen molar-refractivity contribution in [3.05, 3.63) is 58.6 Å². The van der Waals surface area contributed by atoms with E-state index in [4.69, 9.17) is 11.6 Å². The Morgan fingerprint density at radius 3 is 2.69 bits per heavy atom. The maximum Gasteiger partial charge on any atom is 0.257 e. The van der Waals surface area contributed by atoms with Gasteiger partial charge in [-0.3, -0.25) is 9.59 Å². The molecular formula is C20H20ClN3O2. The van der Waals surface area contributed by atoms with Crippen LogP contribution in [0, 0.1) is 0 Å². The van der Waals surface area contributed by atoms with Crippen LogP contribution in [0.1, 0.15) is 40.0 Å². The lowest BCUT2D eigenvalue weighted by Crippen LogP contribution is -2.55. The number of anilines is 2. The van der Waals surface area contributed by atoms with Gasteiger partial charge in [0.1, 0.15) is 6.17 Å². The number of fused-ring (bicyclic) bond motifs is 2. The standard InChI is InChI=1S/C20H20ClN3O2/c1-23-17-12-13(19(25)22-15-8-6-14(21)7-9-15)5-10-16(17)20(26)24-11-3-2-4-18(23)24/h5-10,12,18H,2-4,11H2,1H3,(H,22,25)/t18-/m1/s1. The molecule has 0 aromatic heterocycles. The molecule has 4 rings (SSSR count). The lowest BCUT2D eigenvalue weighted by Gasteiger charge is -2.46. The van der Waals surface area contributed by atoms with Crippen LogP contribution in [0.3, 0.4) is 0 Å². The first-order valence-electron chi connectivity index (χ1n) is 8.79. The van der Waals surface area contributed by atoms with E-state index in [1.165, 1.54) is 0 Å². The van der Waals surface area contributed by atoms with Crippen LogP contribution in [-0.4, -0.2) is 36.5 Å². The summed E-state index contributed by atoms with van der Waals surface area (Å²) in [6.45, 7) is 0.798. The molecule has 0 bridgehead atoms. The van der Waals surface area contributed by atoms with Crippen LogP contribution in [-0.2, 0) is 0 Å². The van der Waals surface area contributed by atoms with Crippen molar-refractivity contribution in [3.8, 4) is 0 Å². The predicted octanol–water partition coefficient (Wildman–Crippen LogP) is 3.99. The molecule has 5 nitrogen and oxygen atoms in total. The van der Waals surface area contributed by atoms with Crippen LogP contribution in [0.25, 0.3) is 0 Å². The van der Waals surface area contributed by atoms with E-state index in [0.29, 0.717) is 21.8 Å². The predicted molar refractivity (Wildman–Crippen MR) is 103 cm³/mol. The molecule has 2 amide bonds. The molecule has 1 atom stereocenters. The van der Waals surface area contributed by atoms with Crippen LogP contribution in [0.2, 0.25) is 5.02 Å². The van der Waals surface area contributed by atoms with Gasteiger partial charge < -0.3 is 15.1 Å². The number of amides is 2. The molecule has 2 aromatic rings. The molecule has 1 fully saturated rings. The first-order valence-corrected chi connectivity index (χ1v) is 9.17. The summed E-state index contributed by atoms with van der Waals surface area (Å²) in [5, 5.41) is 3.48. The Morgan fingerprint density at radius 2 is 1.92 bits per heavy atom. The molecule has 0 spiro atoms. The smallest absolute Gasteiger partial charge is 0.257 e. The average molecular weight is 370 g/mol. The van der Waals surface area contributed by atoms with Crippen LogP contribution in [0.4, 0.5) is 11.4 Å². The van der Waals surface area contributed by atoms with Crippen LogP contribution < -0.4 is 10.2 Å². The fraction of sp³-hybridized carbons (Fsp3) is 0.300. The molecule has 134 valence electrons. The molecule has 0 unspecified atom stereocenters. The van der Waals surface area contributed by atoms with E-state index in [2.05, 4.69) is 10.2 Å². The molecular weight excluding hydrogens is 350 g/mol. The van der Waals surface area contributed by atoms with E-state index in [9.17, 15) is 9.59 Å². The maximum atomic E-state index is 12.8. The van der Waals surface area contributed by atoms with E-state index < -0.39 is 0 Å². The first-order chi connectivity index (χ1) is 12.5. The summed E-state index contributed by atoms with van der Waals surface area (Å²) in [6.07, 6.45) is 3.21. The summed E-state index contributed by atoms with van der Waals surface area (Å²) < 4.78 is 0. The Kier molecular flexibility index (Phi) is 4.32. The molecule has 2 aliphatic rings. The van der Waals surface area contributed by atoms with E-state index in [1.54, 1.807) is 36.4 Å².